The zero-order valence-corrected chi connectivity index (χ0v) is 15.2. The molecule has 0 radical (unpaired) electrons. The molecule has 6 nitrogen and oxygen atoms in total. The Morgan fingerprint density at radius 2 is 1.96 bits per heavy atom. The van der Waals surface area contributed by atoms with Crippen LogP contribution < -0.4 is 20.3 Å². The van der Waals surface area contributed by atoms with E-state index in [1.54, 1.807) is 7.11 Å². The molecule has 0 spiro atoms. The lowest BCUT2D eigenvalue weighted by molar-refractivity contribution is 0.0579. The van der Waals surface area contributed by atoms with E-state index in [0.717, 1.165) is 37.1 Å². The SMILES string of the molecule is CNNCOC(=C1CC1)N1CCCC(COc2ccc(OC)cc2)C1. The fourth-order valence-electron chi connectivity index (χ4n) is 3.14. The monoisotopic (exact) mass is 347 g/mol. The molecule has 3 rings (SSSR count). The van der Waals surface area contributed by atoms with E-state index in [-0.39, 0.29) is 0 Å². The summed E-state index contributed by atoms with van der Waals surface area (Å²) in [6, 6.07) is 7.79. The normalized spacial score (nSPS) is 19.5. The predicted molar refractivity (Wildman–Crippen MR) is 97.2 cm³/mol. The molecule has 1 heterocycles. The maximum Gasteiger partial charge on any atom is 0.190 e. The molecule has 138 valence electrons. The summed E-state index contributed by atoms with van der Waals surface area (Å²) in [7, 11) is 3.52. The van der Waals surface area contributed by atoms with Gasteiger partial charge in [0.05, 0.1) is 13.7 Å². The number of rotatable bonds is 9. The van der Waals surface area contributed by atoms with Crippen molar-refractivity contribution in [1.29, 1.82) is 0 Å². The Labute approximate surface area is 150 Å². The number of hydrogen-bond acceptors (Lipinski definition) is 6. The van der Waals surface area contributed by atoms with Crippen molar-refractivity contribution >= 4 is 0 Å². The molecule has 2 aliphatic rings. The first-order chi connectivity index (χ1) is 12.3. The summed E-state index contributed by atoms with van der Waals surface area (Å²) in [5.41, 5.74) is 7.33. The van der Waals surface area contributed by atoms with Crippen LogP contribution in [0, 0.1) is 5.92 Å². The minimum atomic E-state index is 0.485. The van der Waals surface area contributed by atoms with Gasteiger partial charge in [-0.1, -0.05) is 0 Å². The summed E-state index contributed by atoms with van der Waals surface area (Å²) >= 11 is 0. The molecule has 1 aliphatic carbocycles. The van der Waals surface area contributed by atoms with Crippen LogP contribution in [-0.4, -0.2) is 45.5 Å². The highest BCUT2D eigenvalue weighted by Crippen LogP contribution is 2.35. The van der Waals surface area contributed by atoms with Crippen molar-refractivity contribution < 1.29 is 14.2 Å². The predicted octanol–water partition coefficient (Wildman–Crippen LogP) is 2.49. The number of piperidine rings is 1. The average Bonchev–Trinajstić information content (AvgIpc) is 3.49. The molecule has 0 amide bonds. The van der Waals surface area contributed by atoms with Crippen molar-refractivity contribution in [2.75, 3.05) is 40.6 Å². The Kier molecular flexibility index (Phi) is 6.42. The van der Waals surface area contributed by atoms with Gasteiger partial charge in [-0.2, -0.15) is 0 Å². The van der Waals surface area contributed by atoms with Gasteiger partial charge < -0.3 is 19.1 Å². The van der Waals surface area contributed by atoms with Gasteiger partial charge in [0, 0.05) is 19.0 Å². The smallest absolute Gasteiger partial charge is 0.190 e. The molecule has 0 aromatic heterocycles. The van der Waals surface area contributed by atoms with Crippen molar-refractivity contribution in [2.24, 2.45) is 5.92 Å². The van der Waals surface area contributed by atoms with Crippen molar-refractivity contribution in [2.45, 2.75) is 25.7 Å². The van der Waals surface area contributed by atoms with Crippen molar-refractivity contribution in [3.05, 3.63) is 35.7 Å². The number of hydrogen-bond donors (Lipinski definition) is 2. The lowest BCUT2D eigenvalue weighted by Gasteiger charge is -2.35. The van der Waals surface area contributed by atoms with Crippen molar-refractivity contribution in [1.82, 2.24) is 15.8 Å². The highest BCUT2D eigenvalue weighted by Gasteiger charge is 2.28. The summed E-state index contributed by atoms with van der Waals surface area (Å²) in [5, 5.41) is 0. The minimum Gasteiger partial charge on any atom is -0.497 e. The second kappa shape index (κ2) is 8.97. The molecule has 1 saturated carbocycles. The van der Waals surface area contributed by atoms with Gasteiger partial charge >= 0.3 is 0 Å². The summed E-state index contributed by atoms with van der Waals surface area (Å²) in [6.07, 6.45) is 4.71. The highest BCUT2D eigenvalue weighted by molar-refractivity contribution is 5.31. The second-order valence-corrected chi connectivity index (χ2v) is 6.56. The largest absolute Gasteiger partial charge is 0.497 e. The number of likely N-dealkylation sites (tertiary alicyclic amines) is 1. The zero-order chi connectivity index (χ0) is 17.5. The number of allylic oxidation sites excluding steroid dienone is 1. The molecule has 1 aromatic carbocycles. The minimum absolute atomic E-state index is 0.485. The molecule has 0 bridgehead atoms. The first-order valence-corrected chi connectivity index (χ1v) is 9.06. The van der Waals surface area contributed by atoms with Crippen molar-refractivity contribution in [3.63, 3.8) is 0 Å². The van der Waals surface area contributed by atoms with E-state index < -0.39 is 0 Å². The van der Waals surface area contributed by atoms with E-state index in [1.165, 1.54) is 31.3 Å². The Morgan fingerprint density at radius 1 is 1.20 bits per heavy atom. The van der Waals surface area contributed by atoms with Crippen LogP contribution in [0.3, 0.4) is 0 Å². The van der Waals surface area contributed by atoms with Crippen LogP contribution in [-0.2, 0) is 4.74 Å². The number of nitrogens with one attached hydrogen (secondary N) is 2. The molecule has 1 atom stereocenters. The lowest BCUT2D eigenvalue weighted by atomic mass is 9.99. The summed E-state index contributed by atoms with van der Waals surface area (Å²) < 4.78 is 17.1. The third kappa shape index (κ3) is 5.28. The average molecular weight is 347 g/mol. The third-order valence-electron chi connectivity index (χ3n) is 4.61. The van der Waals surface area contributed by atoms with Gasteiger partial charge in [-0.25, -0.2) is 5.43 Å². The molecule has 6 heteroatoms. The van der Waals surface area contributed by atoms with E-state index in [4.69, 9.17) is 14.2 Å². The lowest BCUT2D eigenvalue weighted by Crippen LogP contribution is -2.39. The quantitative estimate of drug-likeness (QED) is 0.310. The maximum absolute atomic E-state index is 5.99. The van der Waals surface area contributed by atoms with Gasteiger partial charge in [0.25, 0.3) is 0 Å². The standard InChI is InChI=1S/C19H29N3O3/c1-20-21-14-25-19(16-5-6-16)22-11-3-4-15(12-22)13-24-18-9-7-17(23-2)8-10-18/h7-10,15,20-21H,3-6,11-14H2,1-2H3. The molecular formula is C19H29N3O3. The number of nitrogens with zero attached hydrogens (tertiary/aromatic N) is 1. The van der Waals surface area contributed by atoms with Gasteiger partial charge in [0.1, 0.15) is 11.5 Å². The molecule has 25 heavy (non-hydrogen) atoms. The molecular weight excluding hydrogens is 318 g/mol. The first-order valence-electron chi connectivity index (χ1n) is 9.06. The van der Waals surface area contributed by atoms with Gasteiger partial charge in [0.2, 0.25) is 0 Å². The van der Waals surface area contributed by atoms with E-state index in [1.807, 2.05) is 31.3 Å². The van der Waals surface area contributed by atoms with Crippen LogP contribution in [0.2, 0.25) is 0 Å². The Hall–Kier alpha value is -1.92. The van der Waals surface area contributed by atoms with Gasteiger partial charge in [0.15, 0.2) is 12.6 Å². The Balaban J connectivity index is 1.50. The topological polar surface area (TPSA) is 55.0 Å². The van der Waals surface area contributed by atoms with Crippen LogP contribution in [0.15, 0.2) is 35.7 Å². The number of benzene rings is 1. The first kappa shape index (κ1) is 17.9. The molecule has 1 aliphatic heterocycles. The number of methoxy groups -OCH3 is 1. The summed E-state index contributed by atoms with van der Waals surface area (Å²) in [5.74, 6) is 3.35. The van der Waals surface area contributed by atoms with Gasteiger partial charge in [-0.3, -0.25) is 5.43 Å². The summed E-state index contributed by atoms with van der Waals surface area (Å²) in [4.78, 5) is 2.39. The van der Waals surface area contributed by atoms with Gasteiger partial charge in [-0.15, -0.1) is 0 Å². The molecule has 1 unspecified atom stereocenters. The Bertz CT molecular complexity index is 568. The Morgan fingerprint density at radius 3 is 2.64 bits per heavy atom. The van der Waals surface area contributed by atoms with Crippen LogP contribution in [0.25, 0.3) is 0 Å². The zero-order valence-electron chi connectivity index (χ0n) is 15.2. The van der Waals surface area contributed by atoms with Crippen molar-refractivity contribution in [3.8, 4) is 11.5 Å². The fourth-order valence-corrected chi connectivity index (χ4v) is 3.14. The van der Waals surface area contributed by atoms with Gasteiger partial charge in [-0.05, 0) is 62.6 Å². The second-order valence-electron chi connectivity index (χ2n) is 6.56. The summed E-state index contributed by atoms with van der Waals surface area (Å²) in [6.45, 7) is 3.28. The van der Waals surface area contributed by atoms with E-state index in [9.17, 15) is 0 Å². The van der Waals surface area contributed by atoms with E-state index >= 15 is 0 Å². The number of ether oxygens (including phenoxy) is 3. The molecule has 2 fully saturated rings. The van der Waals surface area contributed by atoms with Crippen LogP contribution in [0.1, 0.15) is 25.7 Å². The van der Waals surface area contributed by atoms with E-state index in [0.29, 0.717) is 12.6 Å². The molecule has 1 saturated heterocycles. The molecule has 2 N–H and O–H groups in total. The van der Waals surface area contributed by atoms with E-state index in [2.05, 4.69) is 15.8 Å². The fraction of sp³-hybridized carbons (Fsp3) is 0.579. The van der Waals surface area contributed by atoms with Crippen LogP contribution in [0.5, 0.6) is 11.5 Å². The third-order valence-corrected chi connectivity index (χ3v) is 4.61. The van der Waals surface area contributed by atoms with Crippen LogP contribution >= 0.6 is 0 Å². The molecule has 1 aromatic rings. The number of hydrazine groups is 1. The maximum atomic E-state index is 5.99. The highest BCUT2D eigenvalue weighted by atomic mass is 16.5. The van der Waals surface area contributed by atoms with Crippen LogP contribution in [0.4, 0.5) is 0 Å².